The van der Waals surface area contributed by atoms with E-state index in [0.29, 0.717) is 0 Å². The summed E-state index contributed by atoms with van der Waals surface area (Å²) >= 11 is 0. The van der Waals surface area contributed by atoms with Crippen molar-refractivity contribution in [3.63, 3.8) is 0 Å². The number of halogens is 1. The summed E-state index contributed by atoms with van der Waals surface area (Å²) in [5.41, 5.74) is 0. The standard InChI is InChI=1S/C4H11NO2.ClH/c1-5-4(2-6)3-7;/h4-7H,2-3H2,1H3;1H. The fraction of sp³-hybridized carbons (Fsp3) is 1.00. The van der Waals surface area contributed by atoms with Crippen LogP contribution >= 0.6 is 12.4 Å². The SMILES string of the molecule is CNC(CO)CO.Cl. The number of aliphatic hydroxyl groups is 2. The zero-order valence-electron chi connectivity index (χ0n) is 4.79. The van der Waals surface area contributed by atoms with E-state index < -0.39 is 0 Å². The number of hydrogen-bond acceptors (Lipinski definition) is 3. The van der Waals surface area contributed by atoms with Crippen molar-refractivity contribution in [2.45, 2.75) is 6.04 Å². The van der Waals surface area contributed by atoms with Gasteiger partial charge in [0, 0.05) is 0 Å². The van der Waals surface area contributed by atoms with Crippen LogP contribution in [-0.2, 0) is 0 Å². The van der Waals surface area contributed by atoms with Gasteiger partial charge in [0.15, 0.2) is 0 Å². The van der Waals surface area contributed by atoms with Crippen molar-refractivity contribution in [3.8, 4) is 0 Å². The van der Waals surface area contributed by atoms with E-state index >= 15 is 0 Å². The van der Waals surface area contributed by atoms with Crippen molar-refractivity contribution in [1.29, 1.82) is 0 Å². The van der Waals surface area contributed by atoms with Gasteiger partial charge in [-0.15, -0.1) is 12.4 Å². The van der Waals surface area contributed by atoms with Gasteiger partial charge in [0.1, 0.15) is 0 Å². The van der Waals surface area contributed by atoms with Gasteiger partial charge in [-0.3, -0.25) is 0 Å². The first-order chi connectivity index (χ1) is 3.35. The summed E-state index contributed by atoms with van der Waals surface area (Å²) < 4.78 is 0. The summed E-state index contributed by atoms with van der Waals surface area (Å²) in [5.74, 6) is 0. The number of hydrogen-bond donors (Lipinski definition) is 3. The summed E-state index contributed by atoms with van der Waals surface area (Å²) in [6, 6.07) is -0.153. The smallest absolute Gasteiger partial charge is 0.0607 e. The van der Waals surface area contributed by atoms with Crippen LogP contribution in [0.3, 0.4) is 0 Å². The lowest BCUT2D eigenvalue weighted by Gasteiger charge is -2.06. The lowest BCUT2D eigenvalue weighted by atomic mass is 10.3. The molecule has 0 aliphatic carbocycles. The number of nitrogens with one attached hydrogen (secondary N) is 1. The van der Waals surface area contributed by atoms with Gasteiger partial charge in [-0.2, -0.15) is 0 Å². The van der Waals surface area contributed by atoms with Crippen LogP contribution in [0.5, 0.6) is 0 Å². The first-order valence-electron chi connectivity index (χ1n) is 2.24. The van der Waals surface area contributed by atoms with E-state index in [1.165, 1.54) is 0 Å². The fourth-order valence-corrected chi connectivity index (χ4v) is 0.240. The Morgan fingerprint density at radius 2 is 1.75 bits per heavy atom. The minimum absolute atomic E-state index is 0. The maximum atomic E-state index is 8.30. The van der Waals surface area contributed by atoms with Gasteiger partial charge in [0.05, 0.1) is 19.3 Å². The van der Waals surface area contributed by atoms with E-state index in [0.717, 1.165) is 0 Å². The Kier molecular flexibility index (Phi) is 9.89. The maximum absolute atomic E-state index is 8.30. The summed E-state index contributed by atoms with van der Waals surface area (Å²) in [5, 5.41) is 19.3. The highest BCUT2D eigenvalue weighted by molar-refractivity contribution is 5.85. The zero-order chi connectivity index (χ0) is 5.70. The number of rotatable bonds is 3. The Morgan fingerprint density at radius 3 is 1.75 bits per heavy atom. The summed E-state index contributed by atoms with van der Waals surface area (Å²) in [6.07, 6.45) is 0. The van der Waals surface area contributed by atoms with Gasteiger partial charge in [-0.05, 0) is 7.05 Å². The molecule has 0 spiro atoms. The van der Waals surface area contributed by atoms with E-state index in [9.17, 15) is 0 Å². The zero-order valence-corrected chi connectivity index (χ0v) is 5.61. The molecule has 0 saturated heterocycles. The van der Waals surface area contributed by atoms with E-state index in [2.05, 4.69) is 5.32 Å². The van der Waals surface area contributed by atoms with Gasteiger partial charge in [0.2, 0.25) is 0 Å². The van der Waals surface area contributed by atoms with Crippen LogP contribution in [0.15, 0.2) is 0 Å². The molecule has 0 atom stereocenters. The quantitative estimate of drug-likeness (QED) is 0.472. The van der Waals surface area contributed by atoms with Crippen LogP contribution in [0.25, 0.3) is 0 Å². The van der Waals surface area contributed by atoms with E-state index in [-0.39, 0.29) is 31.7 Å². The fourth-order valence-electron chi connectivity index (χ4n) is 0.240. The van der Waals surface area contributed by atoms with Crippen molar-refractivity contribution in [2.24, 2.45) is 0 Å². The number of likely N-dealkylation sites (N-methyl/N-ethyl adjacent to an activating group) is 1. The third-order valence-electron chi connectivity index (χ3n) is 0.849. The summed E-state index contributed by atoms with van der Waals surface area (Å²) in [7, 11) is 1.69. The van der Waals surface area contributed by atoms with Crippen molar-refractivity contribution in [1.82, 2.24) is 5.32 Å². The monoisotopic (exact) mass is 141 g/mol. The van der Waals surface area contributed by atoms with Crippen LogP contribution in [0.2, 0.25) is 0 Å². The van der Waals surface area contributed by atoms with Crippen molar-refractivity contribution in [3.05, 3.63) is 0 Å². The molecule has 8 heavy (non-hydrogen) atoms. The lowest BCUT2D eigenvalue weighted by molar-refractivity contribution is 0.177. The molecule has 0 aromatic carbocycles. The molecule has 0 fully saturated rings. The average molecular weight is 142 g/mol. The third-order valence-corrected chi connectivity index (χ3v) is 0.849. The highest BCUT2D eigenvalue weighted by Crippen LogP contribution is 1.72. The normalized spacial score (nSPS) is 9.00. The molecule has 3 nitrogen and oxygen atoms in total. The van der Waals surface area contributed by atoms with Crippen molar-refractivity contribution in [2.75, 3.05) is 20.3 Å². The minimum atomic E-state index is -0.153. The Hall–Kier alpha value is 0.170. The second-order valence-electron chi connectivity index (χ2n) is 1.35. The van der Waals surface area contributed by atoms with Crippen LogP contribution < -0.4 is 5.32 Å². The highest BCUT2D eigenvalue weighted by atomic mass is 35.5. The second-order valence-corrected chi connectivity index (χ2v) is 1.35. The minimum Gasteiger partial charge on any atom is -0.395 e. The molecule has 52 valence electrons. The van der Waals surface area contributed by atoms with Crippen molar-refractivity contribution >= 4 is 12.4 Å². The first-order valence-corrected chi connectivity index (χ1v) is 2.24. The molecule has 0 aliphatic heterocycles. The van der Waals surface area contributed by atoms with Crippen LogP contribution in [0.4, 0.5) is 0 Å². The summed E-state index contributed by atoms with van der Waals surface area (Å²) in [4.78, 5) is 0. The first kappa shape index (κ1) is 11.0. The Balaban J connectivity index is 0. The third kappa shape index (κ3) is 4.33. The Morgan fingerprint density at radius 1 is 1.38 bits per heavy atom. The molecule has 0 amide bonds. The molecule has 0 rings (SSSR count). The molecule has 0 aromatic heterocycles. The predicted molar refractivity (Wildman–Crippen MR) is 34.3 cm³/mol. The largest absolute Gasteiger partial charge is 0.395 e. The molecule has 3 N–H and O–H groups in total. The Labute approximate surface area is 55.1 Å². The molecule has 0 bridgehead atoms. The molecule has 0 aliphatic rings. The molecule has 0 aromatic rings. The lowest BCUT2D eigenvalue weighted by Crippen LogP contribution is -2.32. The van der Waals surface area contributed by atoms with Gasteiger partial charge < -0.3 is 15.5 Å². The topological polar surface area (TPSA) is 52.5 Å². The molecule has 0 radical (unpaired) electrons. The second kappa shape index (κ2) is 7.17. The van der Waals surface area contributed by atoms with Crippen LogP contribution in [-0.4, -0.2) is 36.5 Å². The van der Waals surface area contributed by atoms with Crippen LogP contribution in [0.1, 0.15) is 0 Å². The van der Waals surface area contributed by atoms with E-state index in [1.54, 1.807) is 7.05 Å². The average Bonchev–Trinajstić information content (AvgIpc) is 1.72. The molecular weight excluding hydrogens is 130 g/mol. The van der Waals surface area contributed by atoms with Crippen LogP contribution in [0, 0.1) is 0 Å². The number of aliphatic hydroxyl groups excluding tert-OH is 2. The van der Waals surface area contributed by atoms with E-state index in [1.807, 2.05) is 0 Å². The molecule has 4 heteroatoms. The summed E-state index contributed by atoms with van der Waals surface area (Å²) in [6.45, 7) is -0.0139. The molecule has 0 unspecified atom stereocenters. The van der Waals surface area contributed by atoms with Gasteiger partial charge in [-0.25, -0.2) is 0 Å². The highest BCUT2D eigenvalue weighted by Gasteiger charge is 1.97. The van der Waals surface area contributed by atoms with Gasteiger partial charge in [-0.1, -0.05) is 0 Å². The molecule has 0 saturated carbocycles. The Bertz CT molecular complexity index is 35.5. The van der Waals surface area contributed by atoms with E-state index in [4.69, 9.17) is 10.2 Å². The maximum Gasteiger partial charge on any atom is 0.0607 e. The van der Waals surface area contributed by atoms with Crippen molar-refractivity contribution < 1.29 is 10.2 Å². The van der Waals surface area contributed by atoms with Gasteiger partial charge >= 0.3 is 0 Å². The predicted octanol–water partition coefficient (Wildman–Crippen LogP) is -1.02. The molecule has 0 heterocycles. The molecular formula is C4H12ClNO2. The van der Waals surface area contributed by atoms with Gasteiger partial charge in [0.25, 0.3) is 0 Å².